The molecule has 4 aromatic carbocycles. The molecule has 340 valence electrons. The Morgan fingerprint density at radius 3 is 1.91 bits per heavy atom. The predicted octanol–water partition coefficient (Wildman–Crippen LogP) is -12.6. The van der Waals surface area contributed by atoms with Crippen LogP contribution in [-0.2, 0) is 67.3 Å². The third kappa shape index (κ3) is 23.1. The number of phenolic OH excluding ortho intramolecular Hbond substituents is 1. The smallest absolute Gasteiger partial charge is 0.744 e. The van der Waals surface area contributed by atoms with Crippen molar-refractivity contribution in [3.63, 3.8) is 0 Å². The Kier molecular flexibility index (Phi) is 37.4. The molecule has 67 heavy (non-hydrogen) atoms. The van der Waals surface area contributed by atoms with Crippen molar-refractivity contribution in [2.24, 2.45) is 20.5 Å². The molecule has 0 amide bonds. The maximum absolute atomic E-state index is 12.7. The summed E-state index contributed by atoms with van der Waals surface area (Å²) in [6, 6.07) is 8.39. The van der Waals surface area contributed by atoms with Gasteiger partial charge in [-0.1, -0.05) is 6.07 Å². The summed E-state index contributed by atoms with van der Waals surface area (Å²) in [4.78, 5) is 9.45. The number of nitrogens with two attached hydrogens (primary N) is 1. The molecule has 0 saturated heterocycles. The maximum Gasteiger partial charge on any atom is 1.00 e. The number of carboxylic acids is 1. The van der Waals surface area contributed by atoms with Crippen LogP contribution in [-0.4, -0.2) is 78.6 Å². The van der Waals surface area contributed by atoms with E-state index in [4.69, 9.17) is 9.30 Å². The minimum atomic E-state index is -5.48. The van der Waals surface area contributed by atoms with Crippen LogP contribution in [0.25, 0.3) is 10.8 Å². The number of aromatic carboxylic acids is 1. The second kappa shape index (κ2) is 34.4. The summed E-state index contributed by atoms with van der Waals surface area (Å²) in [6.07, 6.45) is 0. The maximum atomic E-state index is 12.7. The monoisotopic (exact) mass is 1330 g/mol. The van der Waals surface area contributed by atoms with Crippen molar-refractivity contribution in [1.29, 1.82) is 3.56 Å². The average Bonchev–Trinajstić information content (AvgIpc) is 3.18. The van der Waals surface area contributed by atoms with E-state index < -0.39 is 130 Å². The summed E-state index contributed by atoms with van der Waals surface area (Å²) in [5.74, 6) is -4.62. The van der Waals surface area contributed by atoms with Crippen molar-refractivity contribution in [3.8, 4) is 5.75 Å². The fourth-order valence-electron chi connectivity index (χ4n) is 4.62. The molecule has 0 heterocycles. The van der Waals surface area contributed by atoms with Gasteiger partial charge in [0.2, 0.25) is 10.4 Å². The Balaban J connectivity index is -0.00000498. The number of fused-ring (bicyclic) bond motifs is 1. The van der Waals surface area contributed by atoms with Crippen LogP contribution in [0.1, 0.15) is 10.4 Å². The normalized spacial score (nSPS) is 11.6. The van der Waals surface area contributed by atoms with E-state index in [-0.39, 0.29) is 200 Å². The van der Waals surface area contributed by atoms with Gasteiger partial charge >= 0.3 is 148 Å². The number of azo groups is 2. The van der Waals surface area contributed by atoms with Crippen LogP contribution in [0, 0.1) is 3.56 Å². The minimum absolute atomic E-state index is 0. The van der Waals surface area contributed by atoms with Crippen LogP contribution in [0.2, 0.25) is 0 Å². The molecule has 0 fully saturated rings. The summed E-state index contributed by atoms with van der Waals surface area (Å²) >= 11 is 1.97. The van der Waals surface area contributed by atoms with Gasteiger partial charge in [-0.25, -0.2) is 33.7 Å². The largest absolute Gasteiger partial charge is 1.00 e. The van der Waals surface area contributed by atoms with Gasteiger partial charge in [0, 0.05) is 24.2 Å². The Bertz CT molecular complexity index is 2840. The summed E-state index contributed by atoms with van der Waals surface area (Å²) in [6.45, 7) is -1.57. The van der Waals surface area contributed by atoms with Crippen LogP contribution in [0.5, 0.6) is 5.75 Å². The zero-order valence-electron chi connectivity index (χ0n) is 34.7. The molecule has 4 N–H and O–H groups in total. The molecule has 0 aliphatic carbocycles. The Morgan fingerprint density at radius 2 is 1.36 bits per heavy atom. The summed E-state index contributed by atoms with van der Waals surface area (Å²) in [5, 5.41) is 64.4. The number of nitrogens with one attached hydrogen (secondary N) is 1. The number of sulfone groups is 2. The van der Waals surface area contributed by atoms with E-state index in [1.54, 1.807) is 0 Å². The molecule has 0 radical (unpaired) electrons. The molecule has 0 aliphatic heterocycles. The third-order valence-electron chi connectivity index (χ3n) is 7.10. The fraction of sp³-hybridized carbons (Fsp3) is 0.148. The number of hydrogen-bond donors (Lipinski definition) is 3. The molecule has 0 atom stereocenters. The molecule has 0 aliphatic rings. The number of rotatable bonds is 21. The number of hydrogen-bond acceptors (Lipinski definition) is 29. The SMILES string of the molecule is N=II.Nc1c(N=Nc2cccc(S(=O)(=O)CCOS(=O)(=O)[O-])c2)c(S(=O)(=O)[O-])cc2cc(SOO[O-])c(N=Nc3ccc(S(=O)(=O)CCOSOO[O-])cc3C(=O)[O-])c(O)c12.[Na+].[Na+].[Na+].[Na+].[Na+]. The first kappa shape index (κ1) is 73.0. The first-order valence-corrected chi connectivity index (χ1v) is 30.1. The number of carboxylic acid groups (broad SMARTS) is 1. The molecule has 0 spiro atoms. The molecule has 0 saturated carbocycles. The summed E-state index contributed by atoms with van der Waals surface area (Å²) < 4.78 is 143. The molecular weight excluding hydrogens is 1310 g/mol. The van der Waals surface area contributed by atoms with Crippen molar-refractivity contribution in [2.75, 3.05) is 30.5 Å². The van der Waals surface area contributed by atoms with Gasteiger partial charge in [0.1, 0.15) is 21.5 Å². The molecule has 40 heteroatoms. The van der Waals surface area contributed by atoms with E-state index in [0.717, 1.165) is 36.4 Å². The fourth-order valence-corrected chi connectivity index (χ4v) is 8.72. The zero-order chi connectivity index (χ0) is 46.5. The first-order chi connectivity index (χ1) is 29.0. The van der Waals surface area contributed by atoms with Crippen molar-refractivity contribution in [3.05, 3.63) is 60.2 Å². The van der Waals surface area contributed by atoms with Crippen molar-refractivity contribution >= 4 is 145 Å². The van der Waals surface area contributed by atoms with Gasteiger partial charge in [0.05, 0.1) is 102 Å². The van der Waals surface area contributed by atoms with Crippen molar-refractivity contribution in [1.82, 2.24) is 0 Å². The van der Waals surface area contributed by atoms with E-state index >= 15 is 0 Å². The molecule has 27 nitrogen and oxygen atoms in total. The van der Waals surface area contributed by atoms with E-state index in [1.165, 1.54) is 6.07 Å². The minimum Gasteiger partial charge on any atom is -0.744 e. The summed E-state index contributed by atoms with van der Waals surface area (Å²) in [5.41, 5.74) is 2.20. The number of nitrogens with zero attached hydrogens (tertiary/aromatic N) is 4. The third-order valence-corrected chi connectivity index (χ3v) is 12.7. The molecule has 0 bridgehead atoms. The number of benzene rings is 4. The molecule has 4 rings (SSSR count). The van der Waals surface area contributed by atoms with Crippen LogP contribution in [0.3, 0.4) is 0 Å². The molecular formula is C27H21I2N6Na5O21S6. The second-order valence-electron chi connectivity index (χ2n) is 10.8. The van der Waals surface area contributed by atoms with E-state index in [1.807, 2.05) is 0 Å². The molecule has 0 unspecified atom stereocenters. The van der Waals surface area contributed by atoms with Gasteiger partial charge in [0.25, 0.3) is 0 Å². The topological polar surface area (TPSA) is 444 Å². The Labute approximate surface area is 519 Å². The standard InChI is InChI=1S/C27H25N5O21S6.HI2N.5Na/c28-23-22-14(11-21(58(42,43)44)25(23)32-29-15-2-1-3-16(12-15)57(40,41)9-7-49-59(45,46)47)10-20(54-52-50-36)24(26(22)33)31-30-19-5-4-17(13-18(19)27(34)35)56(38,39)8-6-48-55-53-51-37;1-2-3;;;;;/h1-5,10-13,33,36-37H,6-9,28H2,(H,34,35)(H,42,43,44)(H,45,46,47);3H;;;;;/q;;5*+1/p-5. The number of carbonyl (C=O) groups is 1. The van der Waals surface area contributed by atoms with Gasteiger partial charge in [-0.05, 0) is 53.9 Å². The molecule has 0 aromatic heterocycles. The molecule has 4 aromatic rings. The number of phenols is 1. The van der Waals surface area contributed by atoms with E-state index in [0.29, 0.717) is 12.1 Å². The number of nitrogen functional groups attached to an aromatic ring is 1. The Morgan fingerprint density at radius 1 is 0.791 bits per heavy atom. The predicted molar refractivity (Wildman–Crippen MR) is 218 cm³/mol. The van der Waals surface area contributed by atoms with Crippen LogP contribution >= 0.6 is 60.0 Å². The van der Waals surface area contributed by atoms with Crippen LogP contribution in [0.4, 0.5) is 28.4 Å². The van der Waals surface area contributed by atoms with Gasteiger partial charge in [-0.2, -0.15) is 9.45 Å². The average molecular weight is 1330 g/mol. The van der Waals surface area contributed by atoms with Gasteiger partial charge in [-0.3, -0.25) is 22.0 Å². The number of halogens is 2. The van der Waals surface area contributed by atoms with E-state index in [2.05, 4.69) is 66.2 Å². The number of carbonyl (C=O) groups excluding carboxylic acids is 1. The number of aromatic hydroxyl groups is 1. The number of anilines is 1. The van der Waals surface area contributed by atoms with E-state index in [9.17, 15) is 68.3 Å². The van der Waals surface area contributed by atoms with Gasteiger partial charge in [0.15, 0.2) is 37.7 Å². The summed E-state index contributed by atoms with van der Waals surface area (Å²) in [7, 11) is -19.2. The van der Waals surface area contributed by atoms with Crippen LogP contribution in [0.15, 0.2) is 94.6 Å². The zero-order valence-corrected chi connectivity index (χ0v) is 53.9. The van der Waals surface area contributed by atoms with Crippen molar-refractivity contribution < 1.29 is 243 Å². The second-order valence-corrected chi connectivity index (χ2v) is 21.8. The first-order valence-electron chi connectivity index (χ1n) is 15.2. The van der Waals surface area contributed by atoms with Crippen LogP contribution < -0.4 is 169 Å². The quantitative estimate of drug-likeness (QED) is 0.00666. The Hall–Kier alpha value is 1.77. The van der Waals surface area contributed by atoms with Gasteiger partial charge < -0.3 is 40.4 Å². The van der Waals surface area contributed by atoms with Gasteiger partial charge in [-0.15, -0.1) is 19.7 Å². The van der Waals surface area contributed by atoms with Crippen molar-refractivity contribution in [2.45, 2.75) is 19.6 Å².